The van der Waals surface area contributed by atoms with E-state index in [9.17, 15) is 19.8 Å². The number of fused-ring (bicyclic) bond motifs is 5. The number of aryl methyl sites for hydroxylation is 1. The van der Waals surface area contributed by atoms with Crippen molar-refractivity contribution in [1.82, 2.24) is 9.55 Å². The number of pyridine rings is 2. The summed E-state index contributed by atoms with van der Waals surface area (Å²) in [6.07, 6.45) is -0.726. The predicted octanol–water partition coefficient (Wildman–Crippen LogP) is 2.45. The molecule has 2 aliphatic heterocycles. The fraction of sp³-hybridized carbons (Fsp3) is 0.375. The van der Waals surface area contributed by atoms with Crippen LogP contribution >= 0.6 is 0 Å². The van der Waals surface area contributed by atoms with Gasteiger partial charge in [-0.25, -0.2) is 9.78 Å². The normalized spacial score (nSPS) is 19.9. The summed E-state index contributed by atoms with van der Waals surface area (Å²) in [4.78, 5) is 30.5. The molecule has 8 heteroatoms. The largest absolute Gasteiger partial charge is 0.496 e. The zero-order valence-corrected chi connectivity index (χ0v) is 18.4. The van der Waals surface area contributed by atoms with Crippen LogP contribution in [0, 0.1) is 6.92 Å². The number of ether oxygens (including phenoxy) is 2. The van der Waals surface area contributed by atoms with Gasteiger partial charge in [0.2, 0.25) is 0 Å². The van der Waals surface area contributed by atoms with Crippen LogP contribution in [0.25, 0.3) is 22.3 Å². The number of nitrogens with zero attached hydrogens (tertiary/aromatic N) is 2. The SMILES string of the molecule is CC[C@@]1(O)C(=O)OCc2c1cc1n(c2=O)Cc2c-1nc1cc(C)c(OC)cc1c2[C@H](C)O. The number of carbonyl (C=O) groups is 1. The first-order valence-corrected chi connectivity index (χ1v) is 10.6. The summed E-state index contributed by atoms with van der Waals surface area (Å²) in [5.41, 5.74) is 2.40. The maximum absolute atomic E-state index is 13.4. The molecule has 32 heavy (non-hydrogen) atoms. The van der Waals surface area contributed by atoms with Gasteiger partial charge < -0.3 is 24.3 Å². The highest BCUT2D eigenvalue weighted by molar-refractivity contribution is 5.90. The number of hydrogen-bond acceptors (Lipinski definition) is 7. The number of aliphatic hydroxyl groups excluding tert-OH is 1. The minimum absolute atomic E-state index is 0.0810. The van der Waals surface area contributed by atoms with Crippen molar-refractivity contribution in [2.24, 2.45) is 0 Å². The third-order valence-electron chi connectivity index (χ3n) is 6.67. The second-order valence-corrected chi connectivity index (χ2v) is 8.47. The molecule has 0 bridgehead atoms. The van der Waals surface area contributed by atoms with E-state index in [4.69, 9.17) is 14.5 Å². The first-order chi connectivity index (χ1) is 15.2. The number of cyclic esters (lactones) is 1. The number of hydrogen-bond donors (Lipinski definition) is 2. The molecular weight excluding hydrogens is 412 g/mol. The van der Waals surface area contributed by atoms with E-state index in [1.54, 1.807) is 31.6 Å². The molecule has 8 nitrogen and oxygen atoms in total. The lowest BCUT2D eigenvalue weighted by Gasteiger charge is -2.31. The second-order valence-electron chi connectivity index (χ2n) is 8.47. The van der Waals surface area contributed by atoms with Crippen molar-refractivity contribution in [1.29, 1.82) is 0 Å². The molecule has 166 valence electrons. The Bertz CT molecular complexity index is 1370. The van der Waals surface area contributed by atoms with Gasteiger partial charge in [0.15, 0.2) is 5.60 Å². The van der Waals surface area contributed by atoms with Gasteiger partial charge in [-0.2, -0.15) is 0 Å². The number of carbonyl (C=O) groups excluding carboxylic acids is 1. The quantitative estimate of drug-likeness (QED) is 0.475. The first-order valence-electron chi connectivity index (χ1n) is 10.6. The summed E-state index contributed by atoms with van der Waals surface area (Å²) in [5, 5.41) is 22.4. The molecule has 1 aromatic carbocycles. The molecule has 4 heterocycles. The van der Waals surface area contributed by atoms with Crippen molar-refractivity contribution in [3.8, 4) is 17.1 Å². The van der Waals surface area contributed by atoms with Gasteiger partial charge in [0, 0.05) is 16.5 Å². The van der Waals surface area contributed by atoms with Gasteiger partial charge in [0.05, 0.1) is 42.2 Å². The van der Waals surface area contributed by atoms with Crippen LogP contribution in [-0.4, -0.2) is 32.8 Å². The molecular formula is C24H24N2O6. The average molecular weight is 436 g/mol. The summed E-state index contributed by atoms with van der Waals surface area (Å²) in [6.45, 7) is 5.32. The van der Waals surface area contributed by atoms with Crippen molar-refractivity contribution in [2.45, 2.75) is 52.0 Å². The van der Waals surface area contributed by atoms with Crippen LogP contribution in [0.4, 0.5) is 0 Å². The van der Waals surface area contributed by atoms with E-state index in [0.717, 1.165) is 16.5 Å². The summed E-state index contributed by atoms with van der Waals surface area (Å²) in [7, 11) is 1.59. The van der Waals surface area contributed by atoms with Crippen molar-refractivity contribution < 1.29 is 24.5 Å². The van der Waals surface area contributed by atoms with Crippen LogP contribution in [-0.2, 0) is 28.3 Å². The molecule has 0 radical (unpaired) electrons. The van der Waals surface area contributed by atoms with Crippen LogP contribution in [0.3, 0.4) is 0 Å². The van der Waals surface area contributed by atoms with E-state index < -0.39 is 17.7 Å². The number of aliphatic hydroxyl groups is 2. The standard InChI is InChI=1S/C24H24N2O6/c1-5-24(30)16-8-18-21-14(9-26(18)22(28)15(16)10-32-23(24)29)20(12(3)27)13-7-19(31-4)11(2)6-17(13)25-21/h6-8,12,27,30H,5,9-10H2,1-4H3/t12-,24-/m0/s1. The van der Waals surface area contributed by atoms with Crippen LogP contribution in [0.5, 0.6) is 5.75 Å². The molecule has 0 aliphatic carbocycles. The number of aromatic nitrogens is 2. The Morgan fingerprint density at radius 2 is 2.03 bits per heavy atom. The fourth-order valence-corrected chi connectivity index (χ4v) is 4.94. The molecule has 2 aliphatic rings. The molecule has 5 rings (SSSR count). The van der Waals surface area contributed by atoms with Gasteiger partial charge in [0.25, 0.3) is 5.56 Å². The maximum Gasteiger partial charge on any atom is 0.343 e. The predicted molar refractivity (Wildman–Crippen MR) is 116 cm³/mol. The number of esters is 1. The summed E-state index contributed by atoms with van der Waals surface area (Å²) in [5.74, 6) is -0.0677. The highest BCUT2D eigenvalue weighted by Gasteiger charge is 2.45. The Kier molecular flexibility index (Phi) is 4.44. The summed E-state index contributed by atoms with van der Waals surface area (Å²) in [6, 6.07) is 5.42. The third-order valence-corrected chi connectivity index (χ3v) is 6.67. The zero-order valence-electron chi connectivity index (χ0n) is 18.4. The lowest BCUT2D eigenvalue weighted by atomic mass is 9.86. The van der Waals surface area contributed by atoms with Crippen molar-refractivity contribution in [3.05, 3.63) is 56.4 Å². The van der Waals surface area contributed by atoms with E-state index in [1.807, 2.05) is 19.1 Å². The lowest BCUT2D eigenvalue weighted by Crippen LogP contribution is -2.44. The molecule has 0 amide bonds. The molecule has 0 fully saturated rings. The molecule has 2 N–H and O–H groups in total. The minimum atomic E-state index is -1.88. The molecule has 2 atom stereocenters. The van der Waals surface area contributed by atoms with Gasteiger partial charge in [-0.3, -0.25) is 4.79 Å². The van der Waals surface area contributed by atoms with Gasteiger partial charge in [0.1, 0.15) is 12.4 Å². The number of benzene rings is 1. The van der Waals surface area contributed by atoms with E-state index in [2.05, 4.69) is 0 Å². The Labute approximate surface area is 184 Å². The van der Waals surface area contributed by atoms with E-state index in [1.165, 1.54) is 0 Å². The summed E-state index contributed by atoms with van der Waals surface area (Å²) < 4.78 is 12.2. The van der Waals surface area contributed by atoms with Crippen molar-refractivity contribution in [3.63, 3.8) is 0 Å². The molecule has 3 aromatic rings. The maximum atomic E-state index is 13.4. The van der Waals surface area contributed by atoms with Gasteiger partial charge >= 0.3 is 5.97 Å². The number of rotatable bonds is 3. The average Bonchev–Trinajstić information content (AvgIpc) is 3.12. The first kappa shape index (κ1) is 20.7. The zero-order chi connectivity index (χ0) is 22.9. The lowest BCUT2D eigenvalue weighted by molar-refractivity contribution is -0.172. The highest BCUT2D eigenvalue weighted by Crippen LogP contribution is 2.42. The number of methoxy groups -OCH3 is 1. The minimum Gasteiger partial charge on any atom is -0.496 e. The molecule has 0 saturated carbocycles. The van der Waals surface area contributed by atoms with Gasteiger partial charge in [-0.1, -0.05) is 6.92 Å². The Morgan fingerprint density at radius 1 is 1.28 bits per heavy atom. The topological polar surface area (TPSA) is 111 Å². The smallest absolute Gasteiger partial charge is 0.343 e. The van der Waals surface area contributed by atoms with Crippen LogP contribution in [0.2, 0.25) is 0 Å². The summed E-state index contributed by atoms with van der Waals surface area (Å²) >= 11 is 0. The Morgan fingerprint density at radius 3 is 2.69 bits per heavy atom. The van der Waals surface area contributed by atoms with E-state index in [-0.39, 0.29) is 36.3 Å². The van der Waals surface area contributed by atoms with Crippen molar-refractivity contribution in [2.75, 3.05) is 7.11 Å². The van der Waals surface area contributed by atoms with E-state index >= 15 is 0 Å². The Balaban J connectivity index is 1.85. The van der Waals surface area contributed by atoms with Crippen LogP contribution in [0.1, 0.15) is 54.2 Å². The third kappa shape index (κ3) is 2.59. The van der Waals surface area contributed by atoms with Crippen LogP contribution in [0.15, 0.2) is 23.0 Å². The van der Waals surface area contributed by atoms with Crippen LogP contribution < -0.4 is 10.3 Å². The van der Waals surface area contributed by atoms with Crippen molar-refractivity contribution >= 4 is 16.9 Å². The molecule has 0 spiro atoms. The molecule has 0 saturated heterocycles. The van der Waals surface area contributed by atoms with Gasteiger partial charge in [-0.15, -0.1) is 0 Å². The van der Waals surface area contributed by atoms with E-state index in [0.29, 0.717) is 28.2 Å². The molecule has 0 unspecified atom stereocenters. The fourth-order valence-electron chi connectivity index (χ4n) is 4.94. The monoisotopic (exact) mass is 436 g/mol. The second kappa shape index (κ2) is 6.88. The Hall–Kier alpha value is -3.23. The van der Waals surface area contributed by atoms with Gasteiger partial charge in [-0.05, 0) is 49.6 Å². The molecule has 2 aromatic heterocycles. The highest BCUT2D eigenvalue weighted by atomic mass is 16.6.